The molecule has 0 spiro atoms. The summed E-state index contributed by atoms with van der Waals surface area (Å²) in [7, 11) is 1.86. The summed E-state index contributed by atoms with van der Waals surface area (Å²) in [5.74, 6) is 0.0686. The third kappa shape index (κ3) is 4.78. The van der Waals surface area contributed by atoms with Crippen LogP contribution in [0.4, 0.5) is 0 Å². The van der Waals surface area contributed by atoms with Gasteiger partial charge in [0, 0.05) is 30.0 Å². The molecule has 0 saturated heterocycles. The Morgan fingerprint density at radius 2 is 1.79 bits per heavy atom. The van der Waals surface area contributed by atoms with Gasteiger partial charge in [0.05, 0.1) is 6.54 Å². The normalized spacial score (nSPS) is 11.7. The lowest BCUT2D eigenvalue weighted by Crippen LogP contribution is -2.39. The largest absolute Gasteiger partial charge is 0.343 e. The molecule has 144 valence electrons. The molecule has 1 heterocycles. The number of benzene rings is 2. The van der Waals surface area contributed by atoms with E-state index in [2.05, 4.69) is 15.6 Å². The Labute approximate surface area is 168 Å². The highest BCUT2D eigenvalue weighted by molar-refractivity contribution is 6.30. The van der Waals surface area contributed by atoms with Crippen LogP contribution in [0, 0.1) is 6.92 Å². The van der Waals surface area contributed by atoms with Gasteiger partial charge in [0.2, 0.25) is 5.91 Å². The third-order valence-electron chi connectivity index (χ3n) is 4.35. The van der Waals surface area contributed by atoms with Crippen LogP contribution >= 0.6 is 11.6 Å². The van der Waals surface area contributed by atoms with Gasteiger partial charge < -0.3 is 15.2 Å². The van der Waals surface area contributed by atoms with E-state index in [1.54, 1.807) is 30.5 Å². The van der Waals surface area contributed by atoms with Crippen LogP contribution < -0.4 is 10.6 Å². The first-order chi connectivity index (χ1) is 13.4. The molecule has 0 aliphatic rings. The molecule has 1 aromatic heterocycles. The van der Waals surface area contributed by atoms with Crippen molar-refractivity contribution in [3.8, 4) is 0 Å². The monoisotopic (exact) mass is 396 g/mol. The van der Waals surface area contributed by atoms with Crippen molar-refractivity contribution in [1.29, 1.82) is 0 Å². The highest BCUT2D eigenvalue weighted by atomic mass is 35.5. The summed E-state index contributed by atoms with van der Waals surface area (Å²) in [5.41, 5.74) is 2.42. The molecule has 2 aromatic carbocycles. The quantitative estimate of drug-likeness (QED) is 0.672. The molecule has 2 N–H and O–H groups in total. The fraction of sp³-hybridized carbons (Fsp3) is 0.190. The molecule has 0 aliphatic heterocycles. The summed E-state index contributed by atoms with van der Waals surface area (Å²) in [5, 5.41) is 6.19. The smallest absolute Gasteiger partial charge is 0.251 e. The van der Waals surface area contributed by atoms with E-state index in [1.165, 1.54) is 0 Å². The number of rotatable bonds is 6. The number of carbonyl (C=O) groups is 2. The SMILES string of the molecule is Cc1ccc(C(=O)NCC(=O)N[C@@H](c2ccc(Cl)cc2)c2nccn2C)cc1. The molecule has 0 aliphatic carbocycles. The van der Waals surface area contributed by atoms with Gasteiger partial charge in [-0.2, -0.15) is 0 Å². The van der Waals surface area contributed by atoms with Gasteiger partial charge in [0.15, 0.2) is 0 Å². The third-order valence-corrected chi connectivity index (χ3v) is 4.60. The van der Waals surface area contributed by atoms with E-state index in [-0.39, 0.29) is 18.4 Å². The molecule has 0 unspecified atom stereocenters. The van der Waals surface area contributed by atoms with E-state index in [1.807, 2.05) is 49.0 Å². The molecule has 1 atom stereocenters. The summed E-state index contributed by atoms with van der Waals surface area (Å²) in [6.45, 7) is 1.81. The van der Waals surface area contributed by atoms with Gasteiger partial charge in [-0.05, 0) is 36.8 Å². The van der Waals surface area contributed by atoms with E-state index < -0.39 is 6.04 Å². The second-order valence-corrected chi connectivity index (χ2v) is 6.93. The molecule has 0 radical (unpaired) electrons. The van der Waals surface area contributed by atoms with Crippen molar-refractivity contribution in [3.05, 3.63) is 88.5 Å². The number of carbonyl (C=O) groups excluding carboxylic acids is 2. The molecule has 0 fully saturated rings. The average Bonchev–Trinajstić information content (AvgIpc) is 3.11. The zero-order valence-electron chi connectivity index (χ0n) is 15.6. The second-order valence-electron chi connectivity index (χ2n) is 6.50. The minimum Gasteiger partial charge on any atom is -0.343 e. The van der Waals surface area contributed by atoms with E-state index in [0.717, 1.165) is 11.1 Å². The number of amides is 2. The van der Waals surface area contributed by atoms with Crippen LogP contribution in [-0.2, 0) is 11.8 Å². The van der Waals surface area contributed by atoms with Crippen LogP contribution in [0.15, 0.2) is 60.9 Å². The Bertz CT molecular complexity index is 965. The minimum absolute atomic E-state index is 0.138. The van der Waals surface area contributed by atoms with E-state index >= 15 is 0 Å². The van der Waals surface area contributed by atoms with Gasteiger partial charge >= 0.3 is 0 Å². The number of hydrogen-bond donors (Lipinski definition) is 2. The van der Waals surface area contributed by atoms with Gasteiger partial charge in [-0.1, -0.05) is 41.4 Å². The Morgan fingerprint density at radius 1 is 1.11 bits per heavy atom. The van der Waals surface area contributed by atoms with Crippen molar-refractivity contribution < 1.29 is 9.59 Å². The Morgan fingerprint density at radius 3 is 2.39 bits per heavy atom. The number of imidazole rings is 1. The number of aromatic nitrogens is 2. The second kappa shape index (κ2) is 8.71. The summed E-state index contributed by atoms with van der Waals surface area (Å²) in [6.07, 6.45) is 3.48. The molecule has 0 saturated carbocycles. The molecule has 28 heavy (non-hydrogen) atoms. The average molecular weight is 397 g/mol. The Kier molecular flexibility index (Phi) is 6.11. The number of aryl methyl sites for hydroxylation is 2. The molecule has 7 heteroatoms. The standard InChI is InChI=1S/C21H21ClN4O2/c1-14-3-5-16(6-4-14)21(28)24-13-18(27)25-19(20-23-11-12-26(20)2)15-7-9-17(22)10-8-15/h3-12,19H,13H2,1-2H3,(H,24,28)(H,25,27)/t19-/m0/s1. The van der Waals surface area contributed by atoms with Crippen LogP contribution in [0.3, 0.4) is 0 Å². The van der Waals surface area contributed by atoms with Crippen LogP contribution in [0.5, 0.6) is 0 Å². The molecule has 0 bridgehead atoms. The highest BCUT2D eigenvalue weighted by Gasteiger charge is 2.21. The number of nitrogens with zero attached hydrogens (tertiary/aromatic N) is 2. The topological polar surface area (TPSA) is 76.0 Å². The highest BCUT2D eigenvalue weighted by Crippen LogP contribution is 2.22. The lowest BCUT2D eigenvalue weighted by atomic mass is 10.1. The van der Waals surface area contributed by atoms with E-state index in [4.69, 9.17) is 11.6 Å². The summed E-state index contributed by atoms with van der Waals surface area (Å²) < 4.78 is 1.84. The van der Waals surface area contributed by atoms with Crippen molar-refractivity contribution in [2.75, 3.05) is 6.54 Å². The predicted octanol–water partition coefficient (Wildman–Crippen LogP) is 3.02. The maximum atomic E-state index is 12.5. The minimum atomic E-state index is -0.457. The maximum Gasteiger partial charge on any atom is 0.251 e. The van der Waals surface area contributed by atoms with Crippen LogP contribution in [0.1, 0.15) is 33.4 Å². The van der Waals surface area contributed by atoms with Gasteiger partial charge in [-0.25, -0.2) is 4.98 Å². The molecular weight excluding hydrogens is 376 g/mol. The van der Waals surface area contributed by atoms with Crippen molar-refractivity contribution in [1.82, 2.24) is 20.2 Å². The van der Waals surface area contributed by atoms with Crippen molar-refractivity contribution in [3.63, 3.8) is 0 Å². The van der Waals surface area contributed by atoms with E-state index in [0.29, 0.717) is 16.4 Å². The van der Waals surface area contributed by atoms with Crippen LogP contribution in [-0.4, -0.2) is 27.9 Å². The van der Waals surface area contributed by atoms with Crippen molar-refractivity contribution in [2.45, 2.75) is 13.0 Å². The number of halogens is 1. The number of hydrogen-bond acceptors (Lipinski definition) is 3. The fourth-order valence-corrected chi connectivity index (χ4v) is 2.91. The van der Waals surface area contributed by atoms with Crippen LogP contribution in [0.2, 0.25) is 5.02 Å². The first-order valence-corrected chi connectivity index (χ1v) is 9.19. The van der Waals surface area contributed by atoms with Gasteiger partial charge in [-0.15, -0.1) is 0 Å². The van der Waals surface area contributed by atoms with Gasteiger partial charge in [-0.3, -0.25) is 9.59 Å². The van der Waals surface area contributed by atoms with Gasteiger partial charge in [0.1, 0.15) is 11.9 Å². The predicted molar refractivity (Wildman–Crippen MR) is 108 cm³/mol. The molecule has 3 rings (SSSR count). The molecule has 6 nitrogen and oxygen atoms in total. The molecule has 2 amide bonds. The Balaban J connectivity index is 1.69. The summed E-state index contributed by atoms with van der Waals surface area (Å²) >= 11 is 5.98. The maximum absolute atomic E-state index is 12.5. The lowest BCUT2D eigenvalue weighted by molar-refractivity contribution is -0.120. The van der Waals surface area contributed by atoms with E-state index in [9.17, 15) is 9.59 Å². The summed E-state index contributed by atoms with van der Waals surface area (Å²) in [4.78, 5) is 29.1. The zero-order chi connectivity index (χ0) is 20.1. The lowest BCUT2D eigenvalue weighted by Gasteiger charge is -2.19. The molecular formula is C21H21ClN4O2. The van der Waals surface area contributed by atoms with Crippen molar-refractivity contribution >= 4 is 23.4 Å². The Hall–Kier alpha value is -3.12. The fourth-order valence-electron chi connectivity index (χ4n) is 2.79. The molecule has 3 aromatic rings. The van der Waals surface area contributed by atoms with Crippen molar-refractivity contribution in [2.24, 2.45) is 7.05 Å². The van der Waals surface area contributed by atoms with Gasteiger partial charge in [0.25, 0.3) is 5.91 Å². The van der Waals surface area contributed by atoms with Crippen LogP contribution in [0.25, 0.3) is 0 Å². The number of nitrogens with one attached hydrogen (secondary N) is 2. The summed E-state index contributed by atoms with van der Waals surface area (Å²) in [6, 6.07) is 13.9. The zero-order valence-corrected chi connectivity index (χ0v) is 16.4. The first kappa shape index (κ1) is 19.6. The first-order valence-electron chi connectivity index (χ1n) is 8.81.